The number of nitrogens with two attached hydrogens (primary N) is 1. The van der Waals surface area contributed by atoms with E-state index in [0.717, 1.165) is 51.7 Å². The molecule has 2 aromatic carbocycles. The summed E-state index contributed by atoms with van der Waals surface area (Å²) in [6.45, 7) is 2.93. The van der Waals surface area contributed by atoms with Crippen molar-refractivity contribution < 1.29 is 5.11 Å². The smallest absolute Gasteiger partial charge is 0.0728 e. The summed E-state index contributed by atoms with van der Waals surface area (Å²) in [5.74, 6) is 0.169. The highest BCUT2D eigenvalue weighted by molar-refractivity contribution is 5.83. The van der Waals surface area contributed by atoms with Gasteiger partial charge in [0.1, 0.15) is 0 Å². The highest BCUT2D eigenvalue weighted by Gasteiger charge is 2.40. The Morgan fingerprint density at radius 1 is 1.08 bits per heavy atom. The molecule has 1 heterocycles. The van der Waals surface area contributed by atoms with Gasteiger partial charge in [0.15, 0.2) is 0 Å². The lowest BCUT2D eigenvalue weighted by atomic mass is 9.72. The molecule has 2 unspecified atom stereocenters. The summed E-state index contributed by atoms with van der Waals surface area (Å²) in [5, 5.41) is 14.1. The van der Waals surface area contributed by atoms with Crippen LogP contribution in [-0.4, -0.2) is 41.3 Å². The average molecular weight is 338 g/mol. The Kier molecular flexibility index (Phi) is 4.81. The third-order valence-electron chi connectivity index (χ3n) is 6.29. The minimum Gasteiger partial charge on any atom is -0.389 e. The summed E-state index contributed by atoms with van der Waals surface area (Å²) >= 11 is 0. The van der Waals surface area contributed by atoms with Crippen molar-refractivity contribution in [2.45, 2.75) is 56.1 Å². The number of nitrogens with zero attached hydrogens (tertiary/aromatic N) is 1. The van der Waals surface area contributed by atoms with Crippen LogP contribution in [0.1, 0.15) is 50.0 Å². The Hall–Kier alpha value is -1.42. The van der Waals surface area contributed by atoms with Crippen LogP contribution in [0.15, 0.2) is 42.5 Å². The molecule has 0 bridgehead atoms. The Labute approximate surface area is 150 Å². The first kappa shape index (κ1) is 17.0. The van der Waals surface area contributed by atoms with E-state index in [0.29, 0.717) is 6.04 Å². The van der Waals surface area contributed by atoms with E-state index in [1.54, 1.807) is 0 Å². The van der Waals surface area contributed by atoms with E-state index in [2.05, 4.69) is 47.4 Å². The van der Waals surface area contributed by atoms with Gasteiger partial charge in [-0.15, -0.1) is 0 Å². The second-order valence-electron chi connectivity index (χ2n) is 8.13. The maximum atomic E-state index is 11.5. The zero-order valence-corrected chi connectivity index (χ0v) is 15.0. The highest BCUT2D eigenvalue weighted by Crippen LogP contribution is 2.41. The molecule has 1 aliphatic heterocycles. The van der Waals surface area contributed by atoms with Crippen molar-refractivity contribution in [2.75, 3.05) is 19.6 Å². The van der Waals surface area contributed by atoms with Crippen molar-refractivity contribution in [3.05, 3.63) is 48.0 Å². The zero-order chi connectivity index (χ0) is 17.3. The molecule has 3 heteroatoms. The van der Waals surface area contributed by atoms with Gasteiger partial charge < -0.3 is 15.7 Å². The second-order valence-corrected chi connectivity index (χ2v) is 8.13. The molecular formula is C22H30N2O. The van der Waals surface area contributed by atoms with Gasteiger partial charge in [-0.25, -0.2) is 0 Å². The van der Waals surface area contributed by atoms with Crippen LogP contribution in [0.4, 0.5) is 0 Å². The second kappa shape index (κ2) is 7.06. The number of rotatable bonds is 4. The van der Waals surface area contributed by atoms with Gasteiger partial charge in [-0.05, 0) is 42.1 Å². The standard InChI is InChI=1S/C22H30N2O/c23-20-10-13-24(15-20)16-21(22(25)11-4-1-5-12-22)19-9-8-17-6-2-3-7-18(17)14-19/h2-3,6-9,14,20-21,25H,1,4-5,10-13,15-16,23H2. The third kappa shape index (κ3) is 3.59. The summed E-state index contributed by atoms with van der Waals surface area (Å²) in [6.07, 6.45) is 6.44. The molecule has 4 rings (SSSR count). The van der Waals surface area contributed by atoms with Crippen molar-refractivity contribution in [3.63, 3.8) is 0 Å². The van der Waals surface area contributed by atoms with Crippen molar-refractivity contribution in [1.29, 1.82) is 0 Å². The monoisotopic (exact) mass is 338 g/mol. The molecule has 3 N–H and O–H groups in total. The van der Waals surface area contributed by atoms with Crippen LogP contribution in [0.3, 0.4) is 0 Å². The fraction of sp³-hybridized carbons (Fsp3) is 0.545. The van der Waals surface area contributed by atoms with Crippen molar-refractivity contribution in [2.24, 2.45) is 5.73 Å². The first-order valence-electron chi connectivity index (χ1n) is 9.83. The average Bonchev–Trinajstić information content (AvgIpc) is 3.05. The summed E-state index contributed by atoms with van der Waals surface area (Å²) in [6, 6.07) is 15.5. The van der Waals surface area contributed by atoms with Crippen LogP contribution >= 0.6 is 0 Å². The number of hydrogen-bond acceptors (Lipinski definition) is 3. The third-order valence-corrected chi connectivity index (χ3v) is 6.29. The van der Waals surface area contributed by atoms with Crippen LogP contribution < -0.4 is 5.73 Å². The molecule has 1 saturated carbocycles. The zero-order valence-electron chi connectivity index (χ0n) is 15.0. The molecule has 2 aromatic rings. The number of benzene rings is 2. The van der Waals surface area contributed by atoms with Gasteiger partial charge >= 0.3 is 0 Å². The summed E-state index contributed by atoms with van der Waals surface area (Å²) < 4.78 is 0. The fourth-order valence-electron chi connectivity index (χ4n) is 4.81. The van der Waals surface area contributed by atoms with Gasteiger partial charge in [0, 0.05) is 25.0 Å². The van der Waals surface area contributed by atoms with E-state index < -0.39 is 5.60 Å². The molecule has 1 aliphatic carbocycles. The van der Waals surface area contributed by atoms with E-state index in [1.165, 1.54) is 22.8 Å². The van der Waals surface area contributed by atoms with E-state index in [1.807, 2.05) is 0 Å². The van der Waals surface area contributed by atoms with Gasteiger partial charge in [0.05, 0.1) is 5.60 Å². The summed E-state index contributed by atoms with van der Waals surface area (Å²) in [7, 11) is 0. The molecule has 0 spiro atoms. The lowest BCUT2D eigenvalue weighted by Gasteiger charge is -2.41. The highest BCUT2D eigenvalue weighted by atomic mass is 16.3. The van der Waals surface area contributed by atoms with E-state index in [9.17, 15) is 5.11 Å². The first-order chi connectivity index (χ1) is 12.1. The summed E-state index contributed by atoms with van der Waals surface area (Å²) in [5.41, 5.74) is 6.83. The van der Waals surface area contributed by atoms with Crippen molar-refractivity contribution in [1.82, 2.24) is 4.90 Å². The Morgan fingerprint density at radius 2 is 1.84 bits per heavy atom. The number of aliphatic hydroxyl groups is 1. The van der Waals surface area contributed by atoms with Crippen LogP contribution in [0, 0.1) is 0 Å². The maximum Gasteiger partial charge on any atom is 0.0728 e. The maximum absolute atomic E-state index is 11.5. The lowest BCUT2D eigenvalue weighted by Crippen LogP contribution is -2.44. The predicted molar refractivity (Wildman–Crippen MR) is 104 cm³/mol. The Morgan fingerprint density at radius 3 is 2.56 bits per heavy atom. The molecule has 25 heavy (non-hydrogen) atoms. The largest absolute Gasteiger partial charge is 0.389 e. The van der Waals surface area contributed by atoms with E-state index in [-0.39, 0.29) is 5.92 Å². The first-order valence-corrected chi connectivity index (χ1v) is 9.83. The molecule has 0 radical (unpaired) electrons. The molecular weight excluding hydrogens is 308 g/mol. The van der Waals surface area contributed by atoms with Gasteiger partial charge in [0.25, 0.3) is 0 Å². The lowest BCUT2D eigenvalue weighted by molar-refractivity contribution is -0.0294. The summed E-state index contributed by atoms with van der Waals surface area (Å²) in [4.78, 5) is 2.46. The normalized spacial score (nSPS) is 25.3. The quantitative estimate of drug-likeness (QED) is 0.894. The molecule has 1 saturated heterocycles. The van der Waals surface area contributed by atoms with Crippen molar-refractivity contribution >= 4 is 10.8 Å². The number of fused-ring (bicyclic) bond motifs is 1. The molecule has 2 aliphatic rings. The van der Waals surface area contributed by atoms with Crippen molar-refractivity contribution in [3.8, 4) is 0 Å². The Balaban J connectivity index is 1.67. The van der Waals surface area contributed by atoms with Crippen LogP contribution in [-0.2, 0) is 0 Å². The molecule has 0 amide bonds. The molecule has 134 valence electrons. The number of likely N-dealkylation sites (tertiary alicyclic amines) is 1. The Bertz CT molecular complexity index is 723. The van der Waals surface area contributed by atoms with Gasteiger partial charge in [-0.2, -0.15) is 0 Å². The topological polar surface area (TPSA) is 49.5 Å². The molecule has 0 aromatic heterocycles. The molecule has 3 nitrogen and oxygen atoms in total. The minimum absolute atomic E-state index is 0.169. The van der Waals surface area contributed by atoms with Crippen LogP contribution in [0.2, 0.25) is 0 Å². The fourth-order valence-corrected chi connectivity index (χ4v) is 4.81. The van der Waals surface area contributed by atoms with E-state index in [4.69, 9.17) is 5.73 Å². The number of hydrogen-bond donors (Lipinski definition) is 2. The SMILES string of the molecule is NC1CCN(CC(c2ccc3ccccc3c2)C2(O)CCCCC2)C1. The van der Waals surface area contributed by atoms with E-state index >= 15 is 0 Å². The van der Waals surface area contributed by atoms with Crippen LogP contribution in [0.5, 0.6) is 0 Å². The minimum atomic E-state index is -0.576. The molecule has 2 atom stereocenters. The van der Waals surface area contributed by atoms with Gasteiger partial charge in [-0.1, -0.05) is 61.7 Å². The van der Waals surface area contributed by atoms with Crippen LogP contribution in [0.25, 0.3) is 10.8 Å². The van der Waals surface area contributed by atoms with Gasteiger partial charge in [0.2, 0.25) is 0 Å². The predicted octanol–water partition coefficient (Wildman–Crippen LogP) is 3.65. The van der Waals surface area contributed by atoms with Gasteiger partial charge in [-0.3, -0.25) is 0 Å². The molecule has 2 fully saturated rings.